The number of nitrogens with one attached hydrogen (secondary N) is 1. The largest absolute Gasteiger partial charge is 0.481 e. The molecule has 2 amide bonds. The number of hydrogen-bond donors (Lipinski definition) is 2. The van der Waals surface area contributed by atoms with Crippen LogP contribution in [0, 0.1) is 0 Å². The fourth-order valence-corrected chi connectivity index (χ4v) is 2.32. The van der Waals surface area contributed by atoms with Gasteiger partial charge >= 0.3 is 12.0 Å². The number of aliphatic carboxylic acids is 1. The zero-order valence-electron chi connectivity index (χ0n) is 13.1. The van der Waals surface area contributed by atoms with Crippen molar-refractivity contribution in [3.05, 3.63) is 17.5 Å². The van der Waals surface area contributed by atoms with Crippen LogP contribution in [0.1, 0.15) is 38.4 Å². The summed E-state index contributed by atoms with van der Waals surface area (Å²) in [5.41, 5.74) is 1.94. The molecular formula is C14H24N4O3. The van der Waals surface area contributed by atoms with E-state index < -0.39 is 5.97 Å². The number of aromatic nitrogens is 2. The Kier molecular flexibility index (Phi) is 6.20. The molecule has 7 nitrogen and oxygen atoms in total. The van der Waals surface area contributed by atoms with E-state index in [-0.39, 0.29) is 18.5 Å². The molecule has 21 heavy (non-hydrogen) atoms. The number of carboxylic acid groups (broad SMARTS) is 1. The third-order valence-corrected chi connectivity index (χ3v) is 3.36. The van der Waals surface area contributed by atoms with E-state index in [4.69, 9.17) is 5.11 Å². The molecule has 0 aliphatic heterocycles. The van der Waals surface area contributed by atoms with Crippen LogP contribution in [-0.2, 0) is 24.8 Å². The Morgan fingerprint density at radius 2 is 2.14 bits per heavy atom. The molecule has 1 aromatic rings. The van der Waals surface area contributed by atoms with Crippen LogP contribution < -0.4 is 5.32 Å². The highest BCUT2D eigenvalue weighted by Crippen LogP contribution is 2.08. The zero-order valence-corrected chi connectivity index (χ0v) is 13.1. The molecule has 2 N–H and O–H groups in total. The van der Waals surface area contributed by atoms with Crippen LogP contribution in [-0.4, -0.2) is 44.4 Å². The smallest absolute Gasteiger partial charge is 0.317 e. The van der Waals surface area contributed by atoms with Crippen LogP contribution in [0.2, 0.25) is 0 Å². The summed E-state index contributed by atoms with van der Waals surface area (Å²) in [6.45, 7) is 6.44. The van der Waals surface area contributed by atoms with E-state index in [0.717, 1.165) is 17.7 Å². The van der Waals surface area contributed by atoms with Crippen LogP contribution in [0.3, 0.4) is 0 Å². The number of amides is 2. The highest BCUT2D eigenvalue weighted by Gasteiger charge is 2.20. The average molecular weight is 296 g/mol. The standard InChI is InChI=1S/C14H24N4O3/c1-5-12-11(9-17(4)16-12)8-15-14(21)18(6-2)10(3)7-13(19)20/h9-10H,5-8H2,1-4H3,(H,15,21)(H,19,20). The third-order valence-electron chi connectivity index (χ3n) is 3.36. The maximum atomic E-state index is 12.2. The van der Waals surface area contributed by atoms with E-state index in [1.807, 2.05) is 27.1 Å². The molecule has 1 atom stereocenters. The summed E-state index contributed by atoms with van der Waals surface area (Å²) in [6.07, 6.45) is 2.63. The van der Waals surface area contributed by atoms with Gasteiger partial charge < -0.3 is 15.3 Å². The van der Waals surface area contributed by atoms with Crippen molar-refractivity contribution in [1.82, 2.24) is 20.0 Å². The van der Waals surface area contributed by atoms with Crippen LogP contribution in [0.4, 0.5) is 4.79 Å². The number of aryl methyl sites for hydroxylation is 2. The topological polar surface area (TPSA) is 87.5 Å². The normalized spacial score (nSPS) is 12.0. The predicted molar refractivity (Wildman–Crippen MR) is 78.9 cm³/mol. The van der Waals surface area contributed by atoms with Crippen molar-refractivity contribution in [3.8, 4) is 0 Å². The van der Waals surface area contributed by atoms with Crippen LogP contribution in [0.5, 0.6) is 0 Å². The lowest BCUT2D eigenvalue weighted by molar-refractivity contribution is -0.138. The second kappa shape index (κ2) is 7.66. The molecule has 0 fully saturated rings. The summed E-state index contributed by atoms with van der Waals surface area (Å²) in [4.78, 5) is 24.4. The van der Waals surface area contributed by atoms with E-state index in [2.05, 4.69) is 10.4 Å². The van der Waals surface area contributed by atoms with E-state index in [1.165, 1.54) is 4.90 Å². The number of carboxylic acids is 1. The summed E-state index contributed by atoms with van der Waals surface area (Å²) >= 11 is 0. The number of hydrogen-bond acceptors (Lipinski definition) is 3. The number of nitrogens with zero attached hydrogens (tertiary/aromatic N) is 3. The molecule has 0 aromatic carbocycles. The van der Waals surface area contributed by atoms with Gasteiger partial charge in [0.1, 0.15) is 0 Å². The fourth-order valence-electron chi connectivity index (χ4n) is 2.32. The van der Waals surface area contributed by atoms with Gasteiger partial charge in [-0.25, -0.2) is 4.79 Å². The number of carbonyl (C=O) groups excluding carboxylic acids is 1. The van der Waals surface area contributed by atoms with Gasteiger partial charge in [-0.3, -0.25) is 9.48 Å². The SMILES string of the molecule is CCc1nn(C)cc1CNC(=O)N(CC)C(C)CC(=O)O. The number of carbonyl (C=O) groups is 2. The van der Waals surface area contributed by atoms with Crippen molar-refractivity contribution < 1.29 is 14.7 Å². The first kappa shape index (κ1) is 17.0. The minimum atomic E-state index is -0.908. The Labute approximate surface area is 124 Å². The van der Waals surface area contributed by atoms with Crippen molar-refractivity contribution >= 4 is 12.0 Å². The zero-order chi connectivity index (χ0) is 16.0. The predicted octanol–water partition coefficient (Wildman–Crippen LogP) is 1.38. The summed E-state index contributed by atoms with van der Waals surface area (Å²) in [7, 11) is 1.85. The molecule has 118 valence electrons. The lowest BCUT2D eigenvalue weighted by Gasteiger charge is -2.27. The number of rotatable bonds is 7. The van der Waals surface area contributed by atoms with Gasteiger partial charge in [0.05, 0.1) is 12.1 Å². The molecule has 1 aromatic heterocycles. The van der Waals surface area contributed by atoms with E-state index in [1.54, 1.807) is 11.6 Å². The van der Waals surface area contributed by atoms with Crippen LogP contribution in [0.25, 0.3) is 0 Å². The molecule has 1 rings (SSSR count). The second-order valence-electron chi connectivity index (χ2n) is 5.02. The fraction of sp³-hybridized carbons (Fsp3) is 0.643. The average Bonchev–Trinajstić information content (AvgIpc) is 2.76. The van der Waals surface area contributed by atoms with Gasteiger partial charge in [-0.05, 0) is 20.3 Å². The molecule has 0 bridgehead atoms. The monoisotopic (exact) mass is 296 g/mol. The first-order chi connectivity index (χ1) is 9.88. The van der Waals surface area contributed by atoms with Gasteiger partial charge in [0, 0.05) is 37.9 Å². The maximum Gasteiger partial charge on any atom is 0.317 e. The summed E-state index contributed by atoms with van der Waals surface area (Å²) < 4.78 is 1.73. The summed E-state index contributed by atoms with van der Waals surface area (Å²) in [5.74, 6) is -0.908. The maximum absolute atomic E-state index is 12.2. The molecule has 0 saturated carbocycles. The Morgan fingerprint density at radius 1 is 1.48 bits per heavy atom. The molecule has 0 radical (unpaired) electrons. The van der Waals surface area contributed by atoms with Crippen molar-refractivity contribution in [2.75, 3.05) is 6.54 Å². The molecule has 7 heteroatoms. The third kappa shape index (κ3) is 4.77. The Morgan fingerprint density at radius 3 is 2.67 bits per heavy atom. The Balaban J connectivity index is 2.64. The lowest BCUT2D eigenvalue weighted by Crippen LogP contribution is -2.45. The molecule has 1 heterocycles. The van der Waals surface area contributed by atoms with Crippen LogP contribution >= 0.6 is 0 Å². The van der Waals surface area contributed by atoms with Crippen molar-refractivity contribution in [1.29, 1.82) is 0 Å². The number of urea groups is 1. The highest BCUT2D eigenvalue weighted by atomic mass is 16.4. The van der Waals surface area contributed by atoms with Gasteiger partial charge in [-0.15, -0.1) is 0 Å². The molecule has 0 aliphatic carbocycles. The van der Waals surface area contributed by atoms with Gasteiger partial charge in [-0.2, -0.15) is 5.10 Å². The van der Waals surface area contributed by atoms with Crippen LogP contribution in [0.15, 0.2) is 6.20 Å². The van der Waals surface area contributed by atoms with E-state index >= 15 is 0 Å². The lowest BCUT2D eigenvalue weighted by atomic mass is 10.2. The molecule has 0 spiro atoms. The van der Waals surface area contributed by atoms with Gasteiger partial charge in [-0.1, -0.05) is 6.92 Å². The molecular weight excluding hydrogens is 272 g/mol. The second-order valence-corrected chi connectivity index (χ2v) is 5.02. The van der Waals surface area contributed by atoms with Crippen molar-refractivity contribution in [3.63, 3.8) is 0 Å². The van der Waals surface area contributed by atoms with Gasteiger partial charge in [0.2, 0.25) is 0 Å². The Bertz CT molecular complexity index is 498. The van der Waals surface area contributed by atoms with Crippen molar-refractivity contribution in [2.24, 2.45) is 7.05 Å². The summed E-state index contributed by atoms with van der Waals surface area (Å²) in [5, 5.41) is 16.0. The minimum absolute atomic E-state index is 0.0611. The first-order valence-electron chi connectivity index (χ1n) is 7.16. The molecule has 0 saturated heterocycles. The van der Waals surface area contributed by atoms with Crippen molar-refractivity contribution in [2.45, 2.75) is 46.2 Å². The minimum Gasteiger partial charge on any atom is -0.481 e. The van der Waals surface area contributed by atoms with Gasteiger partial charge in [0.15, 0.2) is 0 Å². The Hall–Kier alpha value is -2.05. The quantitative estimate of drug-likeness (QED) is 0.795. The molecule has 1 unspecified atom stereocenters. The first-order valence-corrected chi connectivity index (χ1v) is 7.16. The summed E-state index contributed by atoms with van der Waals surface area (Å²) in [6, 6.07) is -0.593. The van der Waals surface area contributed by atoms with E-state index in [9.17, 15) is 9.59 Å². The van der Waals surface area contributed by atoms with Gasteiger partial charge in [0.25, 0.3) is 0 Å². The van der Waals surface area contributed by atoms with E-state index in [0.29, 0.717) is 13.1 Å². The highest BCUT2D eigenvalue weighted by molar-refractivity contribution is 5.75. The molecule has 0 aliphatic rings.